The van der Waals surface area contributed by atoms with Gasteiger partial charge < -0.3 is 4.74 Å². The van der Waals surface area contributed by atoms with E-state index < -0.39 is 0 Å². The highest BCUT2D eigenvalue weighted by Gasteiger charge is 2.30. The predicted octanol–water partition coefficient (Wildman–Crippen LogP) is 3.07. The van der Waals surface area contributed by atoms with E-state index in [0.29, 0.717) is 0 Å². The molecule has 1 aliphatic rings. The summed E-state index contributed by atoms with van der Waals surface area (Å²) in [4.78, 5) is 11.5. The van der Waals surface area contributed by atoms with E-state index in [4.69, 9.17) is 4.74 Å². The molecule has 2 nitrogen and oxygen atoms in total. The molecule has 1 aliphatic heterocycles. The molecule has 2 rings (SSSR count). The molecule has 3 heteroatoms. The minimum absolute atomic E-state index is 0.00610. The van der Waals surface area contributed by atoms with Gasteiger partial charge in [0, 0.05) is 10.5 Å². The Morgan fingerprint density at radius 2 is 2.13 bits per heavy atom. The fourth-order valence-electron chi connectivity index (χ4n) is 1.70. The maximum Gasteiger partial charge on any atom is 0.314 e. The molecule has 1 saturated heterocycles. The first-order valence-corrected chi connectivity index (χ1v) is 6.09. The number of ether oxygens (including phenoxy) is 1. The minimum Gasteiger partial charge on any atom is -0.430 e. The molecule has 1 aromatic rings. The quantitative estimate of drug-likeness (QED) is 0.619. The molecule has 0 saturated carbocycles. The summed E-state index contributed by atoms with van der Waals surface area (Å²) < 4.78 is 6.94. The number of hydrogen-bond donors (Lipinski definition) is 0. The zero-order chi connectivity index (χ0) is 10.7. The molecule has 1 aromatic carbocycles. The van der Waals surface area contributed by atoms with Crippen molar-refractivity contribution >= 4 is 28.6 Å². The second-order valence-electron chi connectivity index (χ2n) is 3.59. The average Bonchev–Trinajstić information content (AvgIpc) is 2.61. The minimum atomic E-state index is -0.0956. The van der Waals surface area contributed by atoms with Crippen LogP contribution in [0.25, 0.3) is 0 Å². The maximum absolute atomic E-state index is 11.5. The van der Waals surface area contributed by atoms with Gasteiger partial charge in [0.05, 0.1) is 5.92 Å². The standard InChI is InChI=1S/C12H11IO2/c13-8-11-7-10(12(14)15-11)6-9-4-2-1-3-5-9/h1-5,8,10H,6-7H2/b11-8+. The summed E-state index contributed by atoms with van der Waals surface area (Å²) in [5, 5.41) is 0. The summed E-state index contributed by atoms with van der Waals surface area (Å²) in [6, 6.07) is 10.0. The molecule has 0 aliphatic carbocycles. The first-order valence-electron chi connectivity index (χ1n) is 4.84. The van der Waals surface area contributed by atoms with Gasteiger partial charge in [-0.25, -0.2) is 0 Å². The monoisotopic (exact) mass is 314 g/mol. The molecule has 1 fully saturated rings. The van der Waals surface area contributed by atoms with Crippen molar-refractivity contribution in [2.45, 2.75) is 12.8 Å². The van der Waals surface area contributed by atoms with E-state index in [1.807, 2.05) is 34.4 Å². The Morgan fingerprint density at radius 3 is 2.73 bits per heavy atom. The Balaban J connectivity index is 2.05. The molecular formula is C12H11IO2. The summed E-state index contributed by atoms with van der Waals surface area (Å²) in [5.74, 6) is 0.691. The summed E-state index contributed by atoms with van der Waals surface area (Å²) in [6.45, 7) is 0. The third-order valence-electron chi connectivity index (χ3n) is 2.46. The van der Waals surface area contributed by atoms with Gasteiger partial charge in [-0.1, -0.05) is 30.3 Å². The van der Waals surface area contributed by atoms with Crippen LogP contribution in [0.3, 0.4) is 0 Å². The van der Waals surface area contributed by atoms with Crippen LogP contribution in [0.1, 0.15) is 12.0 Å². The van der Waals surface area contributed by atoms with Gasteiger partial charge in [-0.2, -0.15) is 0 Å². The molecule has 0 bridgehead atoms. The van der Waals surface area contributed by atoms with Crippen molar-refractivity contribution in [1.82, 2.24) is 0 Å². The normalized spacial score (nSPS) is 23.1. The van der Waals surface area contributed by atoms with Crippen LogP contribution in [0.5, 0.6) is 0 Å². The van der Waals surface area contributed by atoms with Crippen LogP contribution in [0.2, 0.25) is 0 Å². The number of carbonyl (C=O) groups excluding carboxylic acids is 1. The lowest BCUT2D eigenvalue weighted by Gasteiger charge is -2.03. The first-order chi connectivity index (χ1) is 7.29. The molecular weight excluding hydrogens is 303 g/mol. The highest BCUT2D eigenvalue weighted by atomic mass is 127. The van der Waals surface area contributed by atoms with Gasteiger partial charge in [0.25, 0.3) is 0 Å². The van der Waals surface area contributed by atoms with Crippen LogP contribution in [0.15, 0.2) is 40.2 Å². The van der Waals surface area contributed by atoms with Gasteiger partial charge in [0.15, 0.2) is 0 Å². The maximum atomic E-state index is 11.5. The summed E-state index contributed by atoms with van der Waals surface area (Å²) in [6.07, 6.45) is 1.50. The number of rotatable bonds is 2. The molecule has 0 aromatic heterocycles. The molecule has 78 valence electrons. The van der Waals surface area contributed by atoms with E-state index in [0.717, 1.165) is 18.6 Å². The van der Waals surface area contributed by atoms with Gasteiger partial charge in [-0.15, -0.1) is 0 Å². The number of allylic oxidation sites excluding steroid dienone is 1. The molecule has 0 amide bonds. The average molecular weight is 314 g/mol. The van der Waals surface area contributed by atoms with E-state index in [1.54, 1.807) is 0 Å². The molecule has 0 N–H and O–H groups in total. The van der Waals surface area contributed by atoms with Gasteiger partial charge in [0.1, 0.15) is 5.76 Å². The van der Waals surface area contributed by atoms with E-state index in [9.17, 15) is 4.79 Å². The molecule has 1 atom stereocenters. The zero-order valence-electron chi connectivity index (χ0n) is 8.15. The Kier molecular flexibility index (Phi) is 3.41. The number of benzene rings is 1. The lowest BCUT2D eigenvalue weighted by atomic mass is 9.98. The Bertz CT molecular complexity index is 384. The van der Waals surface area contributed by atoms with Crippen molar-refractivity contribution in [2.24, 2.45) is 5.92 Å². The second-order valence-corrected chi connectivity index (χ2v) is 4.21. The number of hydrogen-bond acceptors (Lipinski definition) is 2. The predicted molar refractivity (Wildman–Crippen MR) is 66.4 cm³/mol. The van der Waals surface area contributed by atoms with Crippen LogP contribution in [0.4, 0.5) is 0 Å². The SMILES string of the molecule is O=C1O/C(=C/I)CC1Cc1ccccc1. The fourth-order valence-corrected chi connectivity index (χ4v) is 2.08. The highest BCUT2D eigenvalue weighted by molar-refractivity contribution is 14.1. The van der Waals surface area contributed by atoms with Crippen molar-refractivity contribution in [3.8, 4) is 0 Å². The molecule has 15 heavy (non-hydrogen) atoms. The zero-order valence-corrected chi connectivity index (χ0v) is 10.3. The van der Waals surface area contributed by atoms with Crippen molar-refractivity contribution in [2.75, 3.05) is 0 Å². The van der Waals surface area contributed by atoms with Crippen LogP contribution in [-0.2, 0) is 16.0 Å². The number of halogens is 1. The lowest BCUT2D eigenvalue weighted by Crippen LogP contribution is -2.10. The van der Waals surface area contributed by atoms with Crippen molar-refractivity contribution in [3.63, 3.8) is 0 Å². The topological polar surface area (TPSA) is 26.3 Å². The number of esters is 1. The third-order valence-corrected chi connectivity index (χ3v) is 3.15. The smallest absolute Gasteiger partial charge is 0.314 e. The lowest BCUT2D eigenvalue weighted by molar-refractivity contribution is -0.138. The van der Waals surface area contributed by atoms with Crippen LogP contribution in [-0.4, -0.2) is 5.97 Å². The van der Waals surface area contributed by atoms with Crippen molar-refractivity contribution in [1.29, 1.82) is 0 Å². The molecule has 0 radical (unpaired) electrons. The van der Waals surface area contributed by atoms with Crippen molar-refractivity contribution in [3.05, 3.63) is 45.7 Å². The third kappa shape index (κ3) is 2.59. The summed E-state index contributed by atoms with van der Waals surface area (Å²) >= 11 is 2.10. The van der Waals surface area contributed by atoms with E-state index in [1.165, 1.54) is 5.56 Å². The Hall–Kier alpha value is -0.840. The second kappa shape index (κ2) is 4.79. The van der Waals surface area contributed by atoms with Gasteiger partial charge >= 0.3 is 5.97 Å². The summed E-state index contributed by atoms with van der Waals surface area (Å²) in [5.41, 5.74) is 1.19. The number of cyclic esters (lactones) is 1. The molecule has 1 heterocycles. The highest BCUT2D eigenvalue weighted by Crippen LogP contribution is 2.28. The Labute approximate surface area is 102 Å². The molecule has 1 unspecified atom stereocenters. The van der Waals surface area contributed by atoms with Gasteiger partial charge in [0.2, 0.25) is 0 Å². The number of carbonyl (C=O) groups is 1. The van der Waals surface area contributed by atoms with Gasteiger partial charge in [-0.05, 0) is 34.6 Å². The van der Waals surface area contributed by atoms with Crippen LogP contribution >= 0.6 is 22.6 Å². The first kappa shape index (κ1) is 10.7. The van der Waals surface area contributed by atoms with Gasteiger partial charge in [-0.3, -0.25) is 4.79 Å². The summed E-state index contributed by atoms with van der Waals surface area (Å²) in [7, 11) is 0. The molecule has 0 spiro atoms. The van der Waals surface area contributed by atoms with E-state index in [-0.39, 0.29) is 11.9 Å². The Morgan fingerprint density at radius 1 is 1.40 bits per heavy atom. The van der Waals surface area contributed by atoms with Crippen LogP contribution in [0, 0.1) is 5.92 Å². The van der Waals surface area contributed by atoms with Crippen molar-refractivity contribution < 1.29 is 9.53 Å². The van der Waals surface area contributed by atoms with E-state index >= 15 is 0 Å². The largest absolute Gasteiger partial charge is 0.430 e. The fraction of sp³-hybridized carbons (Fsp3) is 0.250. The van der Waals surface area contributed by atoms with E-state index in [2.05, 4.69) is 22.6 Å². The van der Waals surface area contributed by atoms with Crippen LogP contribution < -0.4 is 0 Å².